The second-order valence-corrected chi connectivity index (χ2v) is 25.0. The molecule has 0 radical (unpaired) electrons. The third-order valence-corrected chi connectivity index (χ3v) is 13.1. The molecule has 29 heteroatoms. The molecule has 0 aromatic heterocycles. The molecule has 5 amide bonds. The van der Waals surface area contributed by atoms with Crippen LogP contribution in [0, 0.1) is 10.1 Å². The van der Waals surface area contributed by atoms with E-state index < -0.39 is 183 Å². The Morgan fingerprint density at radius 3 is 1.83 bits per heavy atom. The normalized spacial score (nSPS) is 28.7. The minimum Gasteiger partial charge on any atom is -0.444 e. The summed E-state index contributed by atoms with van der Waals surface area (Å²) in [5.74, 6) is -1.14. The van der Waals surface area contributed by atoms with Crippen LogP contribution >= 0.6 is 0 Å². The molecule has 3 fully saturated rings. The topological polar surface area (TPSA) is 381 Å². The van der Waals surface area contributed by atoms with Crippen molar-refractivity contribution >= 4 is 46.0 Å². The van der Waals surface area contributed by atoms with Crippen molar-refractivity contribution in [2.45, 2.75) is 216 Å². The van der Waals surface area contributed by atoms with E-state index in [0.717, 1.165) is 17.0 Å². The Hall–Kier alpha value is -5.24. The van der Waals surface area contributed by atoms with Crippen molar-refractivity contribution in [1.82, 2.24) is 30.9 Å². The second-order valence-electron chi connectivity index (χ2n) is 23.3. The van der Waals surface area contributed by atoms with Gasteiger partial charge in [-0.15, -0.1) is 0 Å². The van der Waals surface area contributed by atoms with Crippen molar-refractivity contribution in [3.8, 4) is 0 Å². The zero-order valence-corrected chi connectivity index (χ0v) is 46.8. The Morgan fingerprint density at radius 1 is 0.779 bits per heavy atom. The number of aliphatic hydroxyl groups is 4. The van der Waals surface area contributed by atoms with Crippen molar-refractivity contribution < 1.29 is 95.6 Å². The zero-order valence-electron chi connectivity index (χ0n) is 46.0. The van der Waals surface area contributed by atoms with Crippen LogP contribution in [0.4, 0.5) is 24.9 Å². The van der Waals surface area contributed by atoms with Gasteiger partial charge in [0.25, 0.3) is 11.6 Å². The molecular weight excluding hydrogens is 1040 g/mol. The fourth-order valence-electron chi connectivity index (χ4n) is 8.48. The standard InChI is InChI=1S/C48H79N7O21S/c1-44(2,3)73-40(60)49-23-30(56)37(59)51-27-21-28(53-42(62)75-46(7,8)9)35(32(57)34(27)72-39-33(58)36(48(13,64)24-69-39)54(14)43(63)76-47(10,11)12)71-38-26(52-41(61)74-45(4,5)6)20-19-25(70-38)22-50-77(67,68)31-18-16-15-17-29(31)55(65)66/h15-18,25-28,30,32-36,38-39,50,56-58,64H,19-24H2,1-14H3,(H,49,60)(H,51,59)(H,52,61)(H,53,62)/t25-,26+,27+,28-,30-,32+,33+,34-,35+,36+,38+,39+,48-/m0/s1. The van der Waals surface area contributed by atoms with E-state index in [9.17, 15) is 62.9 Å². The van der Waals surface area contributed by atoms with E-state index in [1.54, 1.807) is 83.1 Å². The molecular formula is C48H79N7O21S. The monoisotopic (exact) mass is 1120 g/mol. The number of hydrogen-bond donors (Lipinski definition) is 9. The molecule has 77 heavy (non-hydrogen) atoms. The summed E-state index contributed by atoms with van der Waals surface area (Å²) in [5, 5.41) is 69.0. The first-order valence-corrected chi connectivity index (χ1v) is 26.4. The number of sulfonamides is 1. The first kappa shape index (κ1) is 64.3. The molecule has 1 aromatic carbocycles. The van der Waals surface area contributed by atoms with Gasteiger partial charge in [-0.05, 0) is 115 Å². The largest absolute Gasteiger partial charge is 0.444 e. The number of ether oxygens (including phenoxy) is 8. The van der Waals surface area contributed by atoms with Gasteiger partial charge in [0.1, 0.15) is 58.5 Å². The summed E-state index contributed by atoms with van der Waals surface area (Å²) < 4.78 is 76.1. The molecule has 0 unspecified atom stereocenters. The lowest BCUT2D eigenvalue weighted by Crippen LogP contribution is -2.71. The van der Waals surface area contributed by atoms with Crippen molar-refractivity contribution in [3.63, 3.8) is 0 Å². The van der Waals surface area contributed by atoms with E-state index in [2.05, 4.69) is 26.0 Å². The molecule has 1 saturated carbocycles. The molecule has 2 aliphatic heterocycles. The number of nitro groups is 1. The number of amides is 5. The second kappa shape index (κ2) is 25.3. The van der Waals surface area contributed by atoms with Crippen molar-refractivity contribution in [2.75, 3.05) is 26.7 Å². The van der Waals surface area contributed by atoms with E-state index >= 15 is 0 Å². The summed E-state index contributed by atoms with van der Waals surface area (Å²) in [6.45, 7) is 18.7. The van der Waals surface area contributed by atoms with Gasteiger partial charge in [0.15, 0.2) is 17.5 Å². The molecule has 2 heterocycles. The third-order valence-electron chi connectivity index (χ3n) is 11.6. The van der Waals surface area contributed by atoms with Crippen LogP contribution < -0.4 is 26.0 Å². The first-order chi connectivity index (χ1) is 35.2. The minimum atomic E-state index is -4.55. The number of benzene rings is 1. The van der Waals surface area contributed by atoms with Gasteiger partial charge in [-0.1, -0.05) is 12.1 Å². The van der Waals surface area contributed by atoms with E-state index in [4.69, 9.17) is 37.9 Å². The number of likely N-dealkylation sites (N-methyl/N-ethyl adjacent to an activating group) is 1. The van der Waals surface area contributed by atoms with Crippen LogP contribution in [0.25, 0.3) is 0 Å². The highest BCUT2D eigenvalue weighted by Gasteiger charge is 2.55. The lowest BCUT2D eigenvalue weighted by atomic mass is 9.82. The van der Waals surface area contributed by atoms with Crippen LogP contribution in [0.3, 0.4) is 0 Å². The number of nitrogens with zero attached hydrogens (tertiary/aromatic N) is 2. The average Bonchev–Trinajstić information content (AvgIpc) is 3.26. The zero-order chi connectivity index (χ0) is 58.4. The van der Waals surface area contributed by atoms with Crippen molar-refractivity contribution in [1.29, 1.82) is 0 Å². The number of rotatable bonds is 16. The fraction of sp³-hybridized carbons (Fsp3) is 0.771. The predicted octanol–water partition coefficient (Wildman–Crippen LogP) is 1.77. The maximum Gasteiger partial charge on any atom is 0.410 e. The Kier molecular flexibility index (Phi) is 21.1. The lowest BCUT2D eigenvalue weighted by Gasteiger charge is -2.51. The van der Waals surface area contributed by atoms with Crippen LogP contribution in [0.15, 0.2) is 29.2 Å². The summed E-state index contributed by atoms with van der Waals surface area (Å²) in [6, 6.07) is -0.882. The minimum absolute atomic E-state index is 0.00279. The summed E-state index contributed by atoms with van der Waals surface area (Å²) in [6.07, 6.45) is -18.3. The highest BCUT2D eigenvalue weighted by atomic mass is 32.2. The van der Waals surface area contributed by atoms with Gasteiger partial charge < -0.3 is 84.5 Å². The Balaban J connectivity index is 1.80. The van der Waals surface area contributed by atoms with Crippen molar-refractivity contribution in [3.05, 3.63) is 34.4 Å². The van der Waals surface area contributed by atoms with Crippen LogP contribution in [0.2, 0.25) is 0 Å². The SMILES string of the molecule is CN(C(=O)OC(C)(C)C)[C@@H]1[C@@H](O)[C@@H](O[C@@H]2[C@@H](O)[C@H](O[C@H]3O[C@H](CNS(=O)(=O)c4ccccc4[N+](=O)[O-])CC[C@H]3NC(=O)OC(C)(C)C)[C@@H](NC(=O)OC(C)(C)C)C[C@H]2NC(=O)[C@@H](O)CNC(=O)OC(C)(C)C)OC[C@]1(C)O. The average molecular weight is 1120 g/mol. The Labute approximate surface area is 448 Å². The number of aliphatic hydroxyl groups excluding tert-OH is 3. The maximum atomic E-state index is 13.8. The quantitative estimate of drug-likeness (QED) is 0.0647. The summed E-state index contributed by atoms with van der Waals surface area (Å²) in [5.41, 5.74) is -6.67. The molecule has 1 aromatic rings. The van der Waals surface area contributed by atoms with E-state index in [0.29, 0.717) is 0 Å². The maximum absolute atomic E-state index is 13.8. The summed E-state index contributed by atoms with van der Waals surface area (Å²) >= 11 is 0. The number of nitrogens with one attached hydrogen (secondary N) is 5. The van der Waals surface area contributed by atoms with Crippen molar-refractivity contribution in [2.24, 2.45) is 0 Å². The van der Waals surface area contributed by atoms with Gasteiger partial charge in [-0.2, -0.15) is 0 Å². The fourth-order valence-corrected chi connectivity index (χ4v) is 9.72. The molecule has 1 aliphatic carbocycles. The van der Waals surface area contributed by atoms with Crippen LogP contribution in [-0.4, -0.2) is 197 Å². The highest BCUT2D eigenvalue weighted by molar-refractivity contribution is 7.89. The first-order valence-electron chi connectivity index (χ1n) is 25.0. The Bertz CT molecular complexity index is 2350. The van der Waals surface area contributed by atoms with Crippen LogP contribution in [0.5, 0.6) is 0 Å². The van der Waals surface area contributed by atoms with Gasteiger partial charge >= 0.3 is 24.4 Å². The molecule has 4 rings (SSSR count). The number of carbonyl (C=O) groups is 5. The molecule has 0 spiro atoms. The summed E-state index contributed by atoms with van der Waals surface area (Å²) in [4.78, 5) is 77.8. The summed E-state index contributed by atoms with van der Waals surface area (Å²) in [7, 11) is -3.29. The molecule has 438 valence electrons. The van der Waals surface area contributed by atoms with Crippen LogP contribution in [0.1, 0.15) is 109 Å². The molecule has 2 saturated heterocycles. The number of para-hydroxylation sites is 1. The van der Waals surface area contributed by atoms with Gasteiger partial charge in [0.05, 0.1) is 48.3 Å². The molecule has 13 atom stereocenters. The number of nitro benzene ring substituents is 1. The van der Waals surface area contributed by atoms with Gasteiger partial charge in [-0.25, -0.2) is 32.3 Å². The number of hydrogen-bond acceptors (Lipinski definition) is 21. The highest BCUT2D eigenvalue weighted by Crippen LogP contribution is 2.35. The van der Waals surface area contributed by atoms with Crippen LogP contribution in [-0.2, 0) is 52.7 Å². The van der Waals surface area contributed by atoms with Gasteiger partial charge in [-0.3, -0.25) is 14.9 Å². The van der Waals surface area contributed by atoms with E-state index in [1.165, 1.54) is 26.1 Å². The number of carbonyl (C=O) groups excluding carboxylic acids is 5. The molecule has 0 bridgehead atoms. The third kappa shape index (κ3) is 19.3. The molecule has 3 aliphatic rings. The lowest BCUT2D eigenvalue weighted by molar-refractivity contribution is -0.387. The number of alkyl carbamates (subject to hydrolysis) is 3. The molecule has 9 N–H and O–H groups in total. The van der Waals surface area contributed by atoms with E-state index in [-0.39, 0.29) is 12.8 Å². The molecule has 28 nitrogen and oxygen atoms in total. The Morgan fingerprint density at radius 2 is 1.29 bits per heavy atom. The smallest absolute Gasteiger partial charge is 0.410 e. The van der Waals surface area contributed by atoms with Gasteiger partial charge in [0.2, 0.25) is 10.0 Å². The predicted molar refractivity (Wildman–Crippen MR) is 269 cm³/mol. The van der Waals surface area contributed by atoms with Gasteiger partial charge in [0, 0.05) is 19.7 Å². The van der Waals surface area contributed by atoms with E-state index in [1.807, 2.05) is 0 Å².